The Hall–Kier alpha value is -3.91. The van der Waals surface area contributed by atoms with E-state index in [4.69, 9.17) is 5.11 Å². The predicted octanol–water partition coefficient (Wildman–Crippen LogP) is 6.22. The summed E-state index contributed by atoms with van der Waals surface area (Å²) >= 11 is 0. The van der Waals surface area contributed by atoms with Crippen molar-refractivity contribution < 1.29 is 23.1 Å². The number of fused-ring (bicyclic) bond motifs is 1. The van der Waals surface area contributed by atoms with Gasteiger partial charge in [-0.1, -0.05) is 54.6 Å². The number of benzene rings is 3. The van der Waals surface area contributed by atoms with E-state index in [0.717, 1.165) is 22.8 Å². The van der Waals surface area contributed by atoms with Crippen molar-refractivity contribution in [3.8, 4) is 33.8 Å². The number of aromatic nitrogens is 2. The fraction of sp³-hybridized carbons (Fsp3) is 0.185. The van der Waals surface area contributed by atoms with E-state index in [9.17, 15) is 18.0 Å². The summed E-state index contributed by atoms with van der Waals surface area (Å²) in [5.74, 6) is -0.261. The van der Waals surface area contributed by atoms with E-state index in [1.807, 2.05) is 18.2 Å². The van der Waals surface area contributed by atoms with Crippen LogP contribution >= 0.6 is 0 Å². The third-order valence-corrected chi connectivity index (χ3v) is 6.21. The van der Waals surface area contributed by atoms with Gasteiger partial charge in [-0.2, -0.15) is 13.2 Å². The Kier molecular flexibility index (Phi) is 5.90. The smallest absolute Gasteiger partial charge is 0.417 e. The minimum absolute atomic E-state index is 0.0887. The third kappa shape index (κ3) is 4.83. The molecule has 1 aromatic heterocycles. The maximum Gasteiger partial charge on any atom is 0.417 e. The zero-order chi connectivity index (χ0) is 24.6. The molecule has 2 N–H and O–H groups in total. The number of halogens is 3. The molecule has 1 aliphatic rings. The van der Waals surface area contributed by atoms with Crippen LogP contribution in [0.15, 0.2) is 72.9 Å². The van der Waals surface area contributed by atoms with Crippen LogP contribution in [0.5, 0.6) is 0 Å². The molecule has 5 rings (SSSR count). The summed E-state index contributed by atoms with van der Waals surface area (Å²) in [6.45, 7) is 1.82. The number of nitrogens with zero attached hydrogens (tertiary/aromatic N) is 2. The molecule has 0 aliphatic carbocycles. The van der Waals surface area contributed by atoms with Gasteiger partial charge < -0.3 is 10.1 Å². The van der Waals surface area contributed by atoms with Gasteiger partial charge in [0.1, 0.15) is 5.82 Å². The Bertz CT molecular complexity index is 1380. The highest BCUT2D eigenvalue weighted by molar-refractivity contribution is 5.74. The Balaban J connectivity index is 1.42. The topological polar surface area (TPSA) is 69.2 Å². The average Bonchev–Trinajstić information content (AvgIpc) is 3.49. The zero-order valence-electron chi connectivity index (χ0n) is 18.6. The third-order valence-electron chi connectivity index (χ3n) is 6.21. The quantitative estimate of drug-likeness (QED) is 0.346. The first kappa shape index (κ1) is 22.9. The van der Waals surface area contributed by atoms with Crippen LogP contribution in [-0.4, -0.2) is 32.5 Å². The molecule has 4 aromatic rings. The van der Waals surface area contributed by atoms with E-state index in [1.54, 1.807) is 42.6 Å². The monoisotopic (exact) mass is 477 g/mol. The van der Waals surface area contributed by atoms with Crippen LogP contribution in [0.4, 0.5) is 13.2 Å². The molecule has 0 spiro atoms. The zero-order valence-corrected chi connectivity index (χ0v) is 18.6. The van der Waals surface area contributed by atoms with E-state index < -0.39 is 17.7 Å². The Morgan fingerprint density at radius 1 is 0.943 bits per heavy atom. The van der Waals surface area contributed by atoms with E-state index in [1.165, 1.54) is 6.07 Å². The highest BCUT2D eigenvalue weighted by Gasteiger charge is 2.34. The van der Waals surface area contributed by atoms with Gasteiger partial charge in [0.05, 0.1) is 23.9 Å². The molecule has 0 unspecified atom stereocenters. The summed E-state index contributed by atoms with van der Waals surface area (Å²) in [7, 11) is 0. The second kappa shape index (κ2) is 9.03. The molecule has 178 valence electrons. The van der Waals surface area contributed by atoms with Crippen molar-refractivity contribution in [1.29, 1.82) is 0 Å². The van der Waals surface area contributed by atoms with Gasteiger partial charge in [0, 0.05) is 30.8 Å². The summed E-state index contributed by atoms with van der Waals surface area (Å²) in [6, 6.07) is 18.7. The van der Waals surface area contributed by atoms with Crippen LogP contribution in [0.25, 0.3) is 33.8 Å². The van der Waals surface area contributed by atoms with Gasteiger partial charge in [0.2, 0.25) is 0 Å². The molecular weight excluding hydrogens is 455 g/mol. The van der Waals surface area contributed by atoms with E-state index in [2.05, 4.69) is 14.9 Å². The minimum atomic E-state index is -4.50. The first-order valence-corrected chi connectivity index (χ1v) is 11.2. The molecule has 8 heteroatoms. The lowest BCUT2D eigenvalue weighted by atomic mass is 9.96. The molecule has 0 amide bonds. The van der Waals surface area contributed by atoms with Crippen LogP contribution < -0.4 is 0 Å². The van der Waals surface area contributed by atoms with Gasteiger partial charge >= 0.3 is 12.1 Å². The van der Waals surface area contributed by atoms with Gasteiger partial charge in [0.25, 0.3) is 0 Å². The SMILES string of the molecule is O=C(O)CCN1Cc2ccc(-c3ncc(-c4ccc(-c5ccccc5)c(C(F)(F)F)c4)[nH]3)cc2C1. The number of aliphatic carboxylic acids is 1. The van der Waals surface area contributed by atoms with Crippen molar-refractivity contribution in [2.75, 3.05) is 6.54 Å². The number of alkyl halides is 3. The Morgan fingerprint density at radius 2 is 1.69 bits per heavy atom. The predicted molar refractivity (Wildman–Crippen MR) is 126 cm³/mol. The van der Waals surface area contributed by atoms with Gasteiger partial charge in [-0.3, -0.25) is 9.69 Å². The molecule has 2 heterocycles. The van der Waals surface area contributed by atoms with Crippen LogP contribution in [-0.2, 0) is 24.1 Å². The summed E-state index contributed by atoms with van der Waals surface area (Å²) in [5, 5.41) is 8.91. The van der Waals surface area contributed by atoms with Gasteiger partial charge in [-0.05, 0) is 34.4 Å². The number of aromatic amines is 1. The molecule has 0 saturated heterocycles. The lowest BCUT2D eigenvalue weighted by Gasteiger charge is -2.14. The molecule has 1 aliphatic heterocycles. The molecule has 0 saturated carbocycles. The highest BCUT2D eigenvalue weighted by atomic mass is 19.4. The fourth-order valence-corrected chi connectivity index (χ4v) is 4.45. The number of carboxylic acid groups (broad SMARTS) is 1. The number of hydrogen-bond acceptors (Lipinski definition) is 3. The highest BCUT2D eigenvalue weighted by Crippen LogP contribution is 2.39. The van der Waals surface area contributed by atoms with Crippen LogP contribution in [0.3, 0.4) is 0 Å². The number of H-pyrrole nitrogens is 1. The van der Waals surface area contributed by atoms with Crippen LogP contribution in [0, 0.1) is 0 Å². The van der Waals surface area contributed by atoms with Crippen LogP contribution in [0.1, 0.15) is 23.1 Å². The first-order chi connectivity index (χ1) is 16.8. The normalized spacial score (nSPS) is 13.7. The number of nitrogens with one attached hydrogen (secondary N) is 1. The second-order valence-electron chi connectivity index (χ2n) is 8.61. The molecule has 35 heavy (non-hydrogen) atoms. The fourth-order valence-electron chi connectivity index (χ4n) is 4.45. The minimum Gasteiger partial charge on any atom is -0.481 e. The largest absolute Gasteiger partial charge is 0.481 e. The van der Waals surface area contributed by atoms with E-state index in [-0.39, 0.29) is 12.0 Å². The van der Waals surface area contributed by atoms with Gasteiger partial charge in [-0.25, -0.2) is 4.98 Å². The molecule has 0 bridgehead atoms. The summed E-state index contributed by atoms with van der Waals surface area (Å²) in [6.07, 6.45) is -2.87. The molecule has 5 nitrogen and oxygen atoms in total. The molecule has 0 fully saturated rings. The van der Waals surface area contributed by atoms with Crippen molar-refractivity contribution in [2.24, 2.45) is 0 Å². The average molecular weight is 477 g/mol. The first-order valence-electron chi connectivity index (χ1n) is 11.2. The second-order valence-corrected chi connectivity index (χ2v) is 8.61. The van der Waals surface area contributed by atoms with E-state index in [0.29, 0.717) is 42.3 Å². The van der Waals surface area contributed by atoms with Gasteiger partial charge in [-0.15, -0.1) is 0 Å². The lowest BCUT2D eigenvalue weighted by Crippen LogP contribution is -2.20. The summed E-state index contributed by atoms with van der Waals surface area (Å²) in [5.41, 5.74) is 3.89. The van der Waals surface area contributed by atoms with Crippen molar-refractivity contribution in [1.82, 2.24) is 14.9 Å². The number of imidazole rings is 1. The van der Waals surface area contributed by atoms with Crippen molar-refractivity contribution in [3.05, 3.63) is 89.6 Å². The van der Waals surface area contributed by atoms with Crippen LogP contribution in [0.2, 0.25) is 0 Å². The lowest BCUT2D eigenvalue weighted by molar-refractivity contribution is -0.138. The Labute approximate surface area is 199 Å². The molecule has 0 atom stereocenters. The standard InChI is InChI=1S/C27H22F3N3O2/c28-27(29,30)23-13-18(8-9-22(23)17-4-2-1-3-5-17)24-14-31-26(32-24)19-6-7-20-15-33(11-10-25(34)35)16-21(20)12-19/h1-9,12-14H,10-11,15-16H2,(H,31,32)(H,34,35). The number of rotatable bonds is 6. The van der Waals surface area contributed by atoms with Crippen molar-refractivity contribution in [2.45, 2.75) is 25.7 Å². The number of hydrogen-bond donors (Lipinski definition) is 2. The summed E-state index contributed by atoms with van der Waals surface area (Å²) in [4.78, 5) is 20.5. The van der Waals surface area contributed by atoms with Crippen molar-refractivity contribution in [3.63, 3.8) is 0 Å². The van der Waals surface area contributed by atoms with Gasteiger partial charge in [0.15, 0.2) is 0 Å². The van der Waals surface area contributed by atoms with Crippen molar-refractivity contribution >= 4 is 5.97 Å². The maximum atomic E-state index is 13.9. The summed E-state index contributed by atoms with van der Waals surface area (Å²) < 4.78 is 41.7. The molecule has 0 radical (unpaired) electrons. The number of carbonyl (C=O) groups is 1. The maximum absolute atomic E-state index is 13.9. The molecule has 3 aromatic carbocycles. The molecular formula is C27H22F3N3O2. The number of carboxylic acids is 1. The van der Waals surface area contributed by atoms with E-state index >= 15 is 0 Å². The Morgan fingerprint density at radius 3 is 2.43 bits per heavy atom.